The van der Waals surface area contributed by atoms with Crippen LogP contribution in [0.4, 0.5) is 11.4 Å². The number of phenols is 1. The number of aromatic hydroxyl groups is 1. The summed E-state index contributed by atoms with van der Waals surface area (Å²) in [7, 11) is 0. The van der Waals surface area contributed by atoms with E-state index in [-0.39, 0.29) is 28.4 Å². The van der Waals surface area contributed by atoms with Gasteiger partial charge in [-0.15, -0.1) is 0 Å². The Balaban J connectivity index is 1.91. The molecule has 0 saturated carbocycles. The van der Waals surface area contributed by atoms with Crippen LogP contribution in [0.15, 0.2) is 67.2 Å². The van der Waals surface area contributed by atoms with Crippen molar-refractivity contribution in [1.29, 1.82) is 0 Å². The molecule has 0 unspecified atom stereocenters. The Morgan fingerprint density at radius 1 is 0.769 bits per heavy atom. The Morgan fingerprint density at radius 2 is 1.38 bits per heavy atom. The van der Waals surface area contributed by atoms with E-state index in [1.165, 1.54) is 6.07 Å². The number of fused-ring (bicyclic) bond motifs is 2. The number of carbonyl (C=O) groups is 2. The van der Waals surface area contributed by atoms with Crippen LogP contribution in [0.2, 0.25) is 0 Å². The first kappa shape index (κ1) is 15.8. The summed E-state index contributed by atoms with van der Waals surface area (Å²) in [6.07, 6.45) is 1.71. The van der Waals surface area contributed by atoms with Crippen LogP contribution in [0.1, 0.15) is 37.4 Å². The van der Waals surface area contributed by atoms with Crippen molar-refractivity contribution < 1.29 is 14.7 Å². The summed E-state index contributed by atoms with van der Waals surface area (Å²) >= 11 is 0. The zero-order valence-electron chi connectivity index (χ0n) is 13.8. The van der Waals surface area contributed by atoms with Gasteiger partial charge in [0.25, 0.3) is 0 Å². The van der Waals surface area contributed by atoms with E-state index in [2.05, 4.69) is 11.9 Å². The fourth-order valence-corrected chi connectivity index (χ4v) is 3.24. The molecule has 4 heteroatoms. The van der Waals surface area contributed by atoms with E-state index >= 15 is 0 Å². The molecule has 0 heterocycles. The summed E-state index contributed by atoms with van der Waals surface area (Å²) in [5, 5.41) is 13.4. The number of anilines is 2. The lowest BCUT2D eigenvalue weighted by Gasteiger charge is -2.22. The second-order valence-corrected chi connectivity index (χ2v) is 6.00. The fourth-order valence-electron chi connectivity index (χ4n) is 3.24. The van der Waals surface area contributed by atoms with Gasteiger partial charge < -0.3 is 10.4 Å². The Morgan fingerprint density at radius 3 is 2.08 bits per heavy atom. The summed E-state index contributed by atoms with van der Waals surface area (Å²) in [5.41, 5.74) is 2.97. The number of hydrogen-bond donors (Lipinski definition) is 2. The van der Waals surface area contributed by atoms with Gasteiger partial charge in [0, 0.05) is 16.8 Å². The van der Waals surface area contributed by atoms with E-state index in [4.69, 9.17) is 0 Å². The Bertz CT molecular complexity index is 1080. The highest BCUT2D eigenvalue weighted by Gasteiger charge is 2.33. The van der Waals surface area contributed by atoms with Crippen LogP contribution in [0, 0.1) is 0 Å². The number of ketones is 2. The zero-order chi connectivity index (χ0) is 18.3. The molecule has 0 aromatic heterocycles. The predicted octanol–water partition coefficient (Wildman–Crippen LogP) is 4.55. The molecule has 1 aliphatic carbocycles. The molecular formula is C22H15NO3. The van der Waals surface area contributed by atoms with Gasteiger partial charge in [-0.2, -0.15) is 0 Å². The lowest BCUT2D eigenvalue weighted by Crippen LogP contribution is -2.22. The van der Waals surface area contributed by atoms with Gasteiger partial charge in [-0.05, 0) is 23.8 Å². The number of nitrogens with one attached hydrogen (secondary N) is 1. The SMILES string of the molecule is C=Cc1ccccc1Nc1ccc(O)c2c1C(=O)c1ccccc1C2=O. The first-order valence-corrected chi connectivity index (χ1v) is 8.14. The lowest BCUT2D eigenvalue weighted by molar-refractivity contribution is 0.0977. The number of hydrogen-bond acceptors (Lipinski definition) is 4. The molecule has 4 rings (SSSR count). The van der Waals surface area contributed by atoms with Gasteiger partial charge in [0.05, 0.1) is 16.8 Å². The van der Waals surface area contributed by atoms with Crippen LogP contribution in [-0.4, -0.2) is 16.7 Å². The van der Waals surface area contributed by atoms with Crippen molar-refractivity contribution in [2.45, 2.75) is 0 Å². The first-order chi connectivity index (χ1) is 12.6. The Labute approximate surface area is 150 Å². The minimum absolute atomic E-state index is 0.0368. The van der Waals surface area contributed by atoms with Crippen molar-refractivity contribution in [3.63, 3.8) is 0 Å². The van der Waals surface area contributed by atoms with E-state index in [1.54, 1.807) is 36.4 Å². The highest BCUT2D eigenvalue weighted by Crippen LogP contribution is 2.38. The molecule has 2 N–H and O–H groups in total. The van der Waals surface area contributed by atoms with Crippen molar-refractivity contribution in [3.05, 3.63) is 95.1 Å². The summed E-state index contributed by atoms with van der Waals surface area (Å²) in [6, 6.07) is 17.2. The molecule has 4 nitrogen and oxygen atoms in total. The molecule has 0 amide bonds. The minimum Gasteiger partial charge on any atom is -0.507 e. The molecule has 1 aliphatic rings. The maximum atomic E-state index is 13.0. The molecule has 0 fully saturated rings. The van der Waals surface area contributed by atoms with E-state index < -0.39 is 0 Å². The molecule has 126 valence electrons. The predicted molar refractivity (Wildman–Crippen MR) is 101 cm³/mol. The maximum absolute atomic E-state index is 13.0. The van der Waals surface area contributed by atoms with Crippen molar-refractivity contribution >= 4 is 29.0 Å². The van der Waals surface area contributed by atoms with Gasteiger partial charge in [0.2, 0.25) is 0 Å². The smallest absolute Gasteiger partial charge is 0.198 e. The van der Waals surface area contributed by atoms with Crippen LogP contribution in [-0.2, 0) is 0 Å². The number of para-hydroxylation sites is 1. The van der Waals surface area contributed by atoms with Gasteiger partial charge in [0.15, 0.2) is 11.6 Å². The highest BCUT2D eigenvalue weighted by molar-refractivity contribution is 6.31. The number of carbonyl (C=O) groups excluding carboxylic acids is 2. The highest BCUT2D eigenvalue weighted by atomic mass is 16.3. The van der Waals surface area contributed by atoms with Crippen LogP contribution in [0.25, 0.3) is 6.08 Å². The van der Waals surface area contributed by atoms with Crippen molar-refractivity contribution in [1.82, 2.24) is 0 Å². The first-order valence-electron chi connectivity index (χ1n) is 8.14. The van der Waals surface area contributed by atoms with E-state index in [0.29, 0.717) is 16.8 Å². The summed E-state index contributed by atoms with van der Waals surface area (Å²) in [5.74, 6) is -0.839. The number of phenolic OH excluding ortho intramolecular Hbond substituents is 1. The monoisotopic (exact) mass is 341 g/mol. The summed E-state index contributed by atoms with van der Waals surface area (Å²) in [6.45, 7) is 3.79. The molecule has 0 saturated heterocycles. The third-order valence-corrected chi connectivity index (χ3v) is 4.50. The molecule has 0 radical (unpaired) electrons. The maximum Gasteiger partial charge on any atom is 0.198 e. The van der Waals surface area contributed by atoms with Crippen molar-refractivity contribution in [2.75, 3.05) is 5.32 Å². The van der Waals surface area contributed by atoms with Crippen LogP contribution in [0.3, 0.4) is 0 Å². The zero-order valence-corrected chi connectivity index (χ0v) is 13.8. The van der Waals surface area contributed by atoms with Crippen LogP contribution in [0.5, 0.6) is 5.75 Å². The number of rotatable bonds is 3. The average molecular weight is 341 g/mol. The topological polar surface area (TPSA) is 66.4 Å². The molecule has 0 atom stereocenters. The molecular weight excluding hydrogens is 326 g/mol. The van der Waals surface area contributed by atoms with E-state index in [9.17, 15) is 14.7 Å². The Hall–Kier alpha value is -3.66. The van der Waals surface area contributed by atoms with Gasteiger partial charge in [0.1, 0.15) is 5.75 Å². The van der Waals surface area contributed by atoms with Crippen molar-refractivity contribution in [3.8, 4) is 5.75 Å². The molecule has 3 aromatic rings. The third kappa shape index (κ3) is 2.31. The van der Waals surface area contributed by atoms with Gasteiger partial charge in [-0.3, -0.25) is 9.59 Å². The Kier molecular flexibility index (Phi) is 3.66. The quantitative estimate of drug-likeness (QED) is 0.536. The van der Waals surface area contributed by atoms with Crippen LogP contribution < -0.4 is 5.32 Å². The summed E-state index contributed by atoms with van der Waals surface area (Å²) in [4.78, 5) is 25.9. The molecule has 0 bridgehead atoms. The molecule has 0 aliphatic heterocycles. The standard InChI is InChI=1S/C22H15NO3/c1-2-13-7-3-6-10-16(13)23-17-11-12-18(24)20-19(17)21(25)14-8-4-5-9-15(14)22(20)26/h2-12,23-24H,1H2. The van der Waals surface area contributed by atoms with Gasteiger partial charge in [-0.25, -0.2) is 0 Å². The molecule has 26 heavy (non-hydrogen) atoms. The fraction of sp³-hybridized carbons (Fsp3) is 0. The largest absolute Gasteiger partial charge is 0.507 e. The number of benzene rings is 3. The molecule has 3 aromatic carbocycles. The second kappa shape index (κ2) is 6.01. The minimum atomic E-state index is -0.353. The normalized spacial score (nSPS) is 12.3. The average Bonchev–Trinajstić information content (AvgIpc) is 2.67. The lowest BCUT2D eigenvalue weighted by atomic mass is 9.82. The molecule has 0 spiro atoms. The van der Waals surface area contributed by atoms with E-state index in [1.807, 2.05) is 24.3 Å². The van der Waals surface area contributed by atoms with Crippen molar-refractivity contribution in [2.24, 2.45) is 0 Å². The van der Waals surface area contributed by atoms with Gasteiger partial charge >= 0.3 is 0 Å². The second-order valence-electron chi connectivity index (χ2n) is 6.00. The van der Waals surface area contributed by atoms with Crippen LogP contribution >= 0.6 is 0 Å². The van der Waals surface area contributed by atoms with E-state index in [0.717, 1.165) is 11.3 Å². The van der Waals surface area contributed by atoms with Gasteiger partial charge in [-0.1, -0.05) is 55.1 Å². The summed E-state index contributed by atoms with van der Waals surface area (Å²) < 4.78 is 0. The third-order valence-electron chi connectivity index (χ3n) is 4.50.